The summed E-state index contributed by atoms with van der Waals surface area (Å²) >= 11 is 5.68. The molecular formula is C10H6ClNO2. The number of rotatable bonds is 2. The van der Waals surface area contributed by atoms with Crippen LogP contribution >= 0.6 is 11.6 Å². The molecule has 0 bridgehead atoms. The van der Waals surface area contributed by atoms with Gasteiger partial charge in [0.25, 0.3) is 0 Å². The first kappa shape index (κ1) is 8.97. The van der Waals surface area contributed by atoms with E-state index in [-0.39, 0.29) is 0 Å². The van der Waals surface area contributed by atoms with Crippen molar-refractivity contribution < 1.29 is 0 Å². The Kier molecular flexibility index (Phi) is 2.09. The summed E-state index contributed by atoms with van der Waals surface area (Å²) in [5.74, 6) is 0. The van der Waals surface area contributed by atoms with Crippen LogP contribution in [0.2, 0.25) is 5.02 Å². The lowest BCUT2D eigenvalue weighted by Gasteiger charge is -2.05. The van der Waals surface area contributed by atoms with Crippen LogP contribution in [0, 0.1) is 0 Å². The first-order chi connectivity index (χ1) is 6.66. The second-order valence-electron chi connectivity index (χ2n) is 2.88. The van der Waals surface area contributed by atoms with Crippen LogP contribution < -0.4 is 16.2 Å². The van der Waals surface area contributed by atoms with Gasteiger partial charge in [0.1, 0.15) is 0 Å². The Hall–Kier alpha value is -1.61. The molecule has 2 aromatic carbocycles. The van der Waals surface area contributed by atoms with Crippen LogP contribution in [-0.2, 0) is 0 Å². The maximum absolute atomic E-state index is 10.9. The Morgan fingerprint density at radius 2 is 1.71 bits per heavy atom. The summed E-state index contributed by atoms with van der Waals surface area (Å²) in [5.41, 5.74) is 0.139. The van der Waals surface area contributed by atoms with Crippen LogP contribution in [0.4, 0.5) is 11.4 Å². The number of anilines is 2. The van der Waals surface area contributed by atoms with Crippen LogP contribution in [0.3, 0.4) is 0 Å². The average molecular weight is 208 g/mol. The molecule has 0 saturated heterocycles. The molecule has 0 aliphatic heterocycles. The summed E-state index contributed by atoms with van der Waals surface area (Å²) in [5, 5.41) is 3.44. The molecule has 0 aliphatic rings. The van der Waals surface area contributed by atoms with Gasteiger partial charge in [0.05, 0.1) is 5.69 Å². The fourth-order valence-electron chi connectivity index (χ4n) is 1.10. The summed E-state index contributed by atoms with van der Waals surface area (Å²) in [7, 11) is 0. The summed E-state index contributed by atoms with van der Waals surface area (Å²) in [4.78, 5) is 21.5. The van der Waals surface area contributed by atoms with E-state index in [0.717, 1.165) is 5.69 Å². The Balaban J connectivity index is 2.21. The highest BCUT2D eigenvalue weighted by atomic mass is 35.5. The van der Waals surface area contributed by atoms with Crippen molar-refractivity contribution in [3.63, 3.8) is 0 Å². The second kappa shape index (κ2) is 3.27. The lowest BCUT2D eigenvalue weighted by Crippen LogP contribution is -2.31. The topological polar surface area (TPSA) is 46.2 Å². The number of hydrogen-bond acceptors (Lipinski definition) is 3. The number of hydrogen-bond donors (Lipinski definition) is 1. The molecule has 4 heteroatoms. The van der Waals surface area contributed by atoms with Crippen molar-refractivity contribution in [1.29, 1.82) is 0 Å². The molecule has 2 rings (SSSR count). The van der Waals surface area contributed by atoms with Gasteiger partial charge in [0.15, 0.2) is 0 Å². The van der Waals surface area contributed by atoms with Crippen molar-refractivity contribution in [2.24, 2.45) is 0 Å². The van der Waals surface area contributed by atoms with Crippen molar-refractivity contribution in [1.82, 2.24) is 0 Å². The first-order valence-electron chi connectivity index (χ1n) is 4.00. The van der Waals surface area contributed by atoms with Crippen molar-refractivity contribution in [3.8, 4) is 0 Å². The molecule has 0 amide bonds. The zero-order valence-electron chi connectivity index (χ0n) is 7.08. The highest BCUT2D eigenvalue weighted by molar-refractivity contribution is 6.30. The van der Waals surface area contributed by atoms with Crippen molar-refractivity contribution >= 4 is 23.0 Å². The van der Waals surface area contributed by atoms with Crippen LogP contribution in [0.5, 0.6) is 0 Å². The molecule has 3 nitrogen and oxygen atoms in total. The van der Waals surface area contributed by atoms with Gasteiger partial charge in [0, 0.05) is 16.8 Å². The predicted molar refractivity (Wildman–Crippen MR) is 56.1 cm³/mol. The standard InChI is InChI=1S/C10H6ClNO2/c11-6-1-3-7(4-2-6)12-8-5-9(13)10(8)14/h1-5,12H. The van der Waals surface area contributed by atoms with Crippen LogP contribution in [0.1, 0.15) is 0 Å². The highest BCUT2D eigenvalue weighted by Gasteiger charge is 2.08. The minimum absolute atomic E-state index is 0.331. The van der Waals surface area contributed by atoms with Gasteiger partial charge in [-0.2, -0.15) is 0 Å². The van der Waals surface area contributed by atoms with Crippen molar-refractivity contribution in [3.05, 3.63) is 55.8 Å². The summed E-state index contributed by atoms with van der Waals surface area (Å²) in [6, 6.07) is 8.15. The van der Waals surface area contributed by atoms with E-state index in [2.05, 4.69) is 5.32 Å². The van der Waals surface area contributed by atoms with E-state index in [1.165, 1.54) is 6.07 Å². The molecule has 0 spiro atoms. The number of halogens is 1. The van der Waals surface area contributed by atoms with E-state index in [1.54, 1.807) is 24.3 Å². The Labute approximate surface area is 84.6 Å². The molecule has 1 N–H and O–H groups in total. The Bertz CT molecular complexity index is 523. The van der Waals surface area contributed by atoms with Gasteiger partial charge >= 0.3 is 0 Å². The molecule has 70 valence electrons. The SMILES string of the molecule is O=c1cc(Nc2ccc(Cl)cc2)c1=O. The van der Waals surface area contributed by atoms with E-state index in [0.29, 0.717) is 10.7 Å². The summed E-state index contributed by atoms with van der Waals surface area (Å²) in [6.45, 7) is 0. The first-order valence-corrected chi connectivity index (χ1v) is 4.37. The molecule has 14 heavy (non-hydrogen) atoms. The van der Waals surface area contributed by atoms with Gasteiger partial charge in [0.2, 0.25) is 10.9 Å². The molecule has 0 atom stereocenters. The van der Waals surface area contributed by atoms with Crippen LogP contribution in [0.25, 0.3) is 0 Å². The maximum atomic E-state index is 10.9. The van der Waals surface area contributed by atoms with Gasteiger partial charge < -0.3 is 5.32 Å². The number of nitrogens with one attached hydrogen (secondary N) is 1. The second-order valence-corrected chi connectivity index (χ2v) is 3.32. The molecular weight excluding hydrogens is 202 g/mol. The molecule has 0 aliphatic carbocycles. The molecule has 0 unspecified atom stereocenters. The smallest absolute Gasteiger partial charge is 0.249 e. The third-order valence-corrected chi connectivity index (χ3v) is 2.12. The highest BCUT2D eigenvalue weighted by Crippen LogP contribution is 2.16. The minimum atomic E-state index is -0.472. The van der Waals surface area contributed by atoms with E-state index >= 15 is 0 Å². The monoisotopic (exact) mass is 207 g/mol. The predicted octanol–water partition coefficient (Wildman–Crippen LogP) is 1.68. The third kappa shape index (κ3) is 1.54. The van der Waals surface area contributed by atoms with Crippen molar-refractivity contribution in [2.75, 3.05) is 5.32 Å². The third-order valence-electron chi connectivity index (χ3n) is 1.87. The Morgan fingerprint density at radius 3 is 2.21 bits per heavy atom. The quantitative estimate of drug-likeness (QED) is 0.763. The van der Waals surface area contributed by atoms with Crippen LogP contribution in [-0.4, -0.2) is 0 Å². The normalized spacial score (nSPS) is 10.4. The van der Waals surface area contributed by atoms with Gasteiger partial charge in [-0.05, 0) is 24.3 Å². The molecule has 0 fully saturated rings. The Morgan fingerprint density at radius 1 is 1.07 bits per heavy atom. The molecule has 0 heterocycles. The van der Waals surface area contributed by atoms with Gasteiger partial charge in [-0.3, -0.25) is 9.59 Å². The fourth-order valence-corrected chi connectivity index (χ4v) is 1.22. The summed E-state index contributed by atoms with van der Waals surface area (Å²) < 4.78 is 0. The van der Waals surface area contributed by atoms with Gasteiger partial charge in [-0.15, -0.1) is 0 Å². The minimum Gasteiger partial charge on any atom is -0.352 e. The van der Waals surface area contributed by atoms with E-state index < -0.39 is 10.9 Å². The van der Waals surface area contributed by atoms with Gasteiger partial charge in [-0.1, -0.05) is 11.6 Å². The van der Waals surface area contributed by atoms with Gasteiger partial charge in [-0.25, -0.2) is 0 Å². The lowest BCUT2D eigenvalue weighted by molar-refractivity contribution is 1.38. The maximum Gasteiger partial charge on any atom is 0.249 e. The lowest BCUT2D eigenvalue weighted by atomic mass is 10.2. The zero-order chi connectivity index (χ0) is 10.1. The van der Waals surface area contributed by atoms with Crippen molar-refractivity contribution in [2.45, 2.75) is 0 Å². The average Bonchev–Trinajstić information content (AvgIpc) is 2.20. The zero-order valence-corrected chi connectivity index (χ0v) is 7.84. The fraction of sp³-hybridized carbons (Fsp3) is 0. The number of benzene rings is 1. The van der Waals surface area contributed by atoms with E-state index in [9.17, 15) is 9.59 Å². The largest absolute Gasteiger partial charge is 0.352 e. The molecule has 2 aromatic rings. The van der Waals surface area contributed by atoms with E-state index in [1.807, 2.05) is 0 Å². The van der Waals surface area contributed by atoms with E-state index in [4.69, 9.17) is 11.6 Å². The molecule has 0 radical (unpaired) electrons. The molecule has 0 saturated carbocycles. The summed E-state index contributed by atoms with van der Waals surface area (Å²) in [6.07, 6.45) is 0. The van der Waals surface area contributed by atoms with Crippen LogP contribution in [0.15, 0.2) is 39.9 Å². The molecule has 0 aromatic heterocycles.